The van der Waals surface area contributed by atoms with Gasteiger partial charge in [0.1, 0.15) is 11.6 Å². The molecular weight excluding hydrogens is 209 g/mol. The van der Waals surface area contributed by atoms with E-state index in [0.29, 0.717) is 23.6 Å². The Balaban J connectivity index is 2.90. The molecule has 0 spiro atoms. The molecule has 0 unspecified atom stereocenters. The highest BCUT2D eigenvalue weighted by atomic mass is 19.1. The highest BCUT2D eigenvalue weighted by molar-refractivity contribution is 6.00. The first-order valence-electron chi connectivity index (χ1n) is 5.30. The number of hydrogen-bond donors (Lipinski definition) is 1. The summed E-state index contributed by atoms with van der Waals surface area (Å²) in [5.41, 5.74) is 1.02. The summed E-state index contributed by atoms with van der Waals surface area (Å²) >= 11 is 0. The van der Waals surface area contributed by atoms with E-state index in [1.54, 1.807) is 13.0 Å². The average molecular weight is 225 g/mol. The molecule has 1 aromatic rings. The third-order valence-electron chi connectivity index (χ3n) is 2.24. The van der Waals surface area contributed by atoms with Crippen molar-refractivity contribution in [1.29, 1.82) is 0 Å². The van der Waals surface area contributed by atoms with E-state index < -0.39 is 0 Å². The molecule has 0 aliphatic rings. The predicted octanol–water partition coefficient (Wildman–Crippen LogP) is 3.20. The Morgan fingerprint density at radius 1 is 1.50 bits per heavy atom. The first-order valence-corrected chi connectivity index (χ1v) is 5.30. The van der Waals surface area contributed by atoms with Gasteiger partial charge in [0.25, 0.3) is 0 Å². The third-order valence-corrected chi connectivity index (χ3v) is 2.24. The minimum Gasteiger partial charge on any atom is -0.493 e. The number of halogens is 1. The number of oxime groups is 1. The number of benzene rings is 1. The molecule has 1 N–H and O–H groups in total. The lowest BCUT2D eigenvalue weighted by Gasteiger charge is -2.10. The van der Waals surface area contributed by atoms with Crippen molar-refractivity contribution in [2.75, 3.05) is 6.61 Å². The predicted molar refractivity (Wildman–Crippen MR) is 60.8 cm³/mol. The van der Waals surface area contributed by atoms with Gasteiger partial charge in [-0.15, -0.1) is 0 Å². The van der Waals surface area contributed by atoms with E-state index in [2.05, 4.69) is 12.1 Å². The molecule has 0 saturated heterocycles. The SMILES string of the molecule is CCCCOc1cc(F)ccc1/C(C)=N/O. The molecule has 0 aromatic heterocycles. The van der Waals surface area contributed by atoms with Crippen LogP contribution in [0, 0.1) is 5.82 Å². The van der Waals surface area contributed by atoms with Crippen molar-refractivity contribution in [3.05, 3.63) is 29.6 Å². The Bertz CT molecular complexity index is 377. The van der Waals surface area contributed by atoms with E-state index in [1.807, 2.05) is 0 Å². The molecule has 0 radical (unpaired) electrons. The van der Waals surface area contributed by atoms with Crippen molar-refractivity contribution in [2.45, 2.75) is 26.7 Å². The number of ether oxygens (including phenoxy) is 1. The fourth-order valence-corrected chi connectivity index (χ4v) is 1.29. The van der Waals surface area contributed by atoms with Crippen LogP contribution in [0.1, 0.15) is 32.3 Å². The molecule has 0 heterocycles. The first-order chi connectivity index (χ1) is 7.69. The van der Waals surface area contributed by atoms with E-state index in [9.17, 15) is 4.39 Å². The molecule has 4 heteroatoms. The zero-order chi connectivity index (χ0) is 12.0. The second-order valence-electron chi connectivity index (χ2n) is 3.53. The Labute approximate surface area is 94.5 Å². The standard InChI is InChI=1S/C12H16FNO2/c1-3-4-7-16-12-8-10(13)5-6-11(12)9(2)14-15/h5-6,8,15H,3-4,7H2,1-2H3/b14-9+. The number of hydrogen-bond acceptors (Lipinski definition) is 3. The van der Waals surface area contributed by atoms with Crippen molar-refractivity contribution in [2.24, 2.45) is 5.16 Å². The minimum atomic E-state index is -0.360. The van der Waals surface area contributed by atoms with Gasteiger partial charge < -0.3 is 9.94 Å². The monoisotopic (exact) mass is 225 g/mol. The topological polar surface area (TPSA) is 41.8 Å². The van der Waals surface area contributed by atoms with Gasteiger partial charge in [-0.25, -0.2) is 4.39 Å². The van der Waals surface area contributed by atoms with Gasteiger partial charge in [-0.1, -0.05) is 18.5 Å². The molecule has 0 aliphatic heterocycles. The summed E-state index contributed by atoms with van der Waals surface area (Å²) < 4.78 is 18.5. The number of unbranched alkanes of at least 4 members (excludes halogenated alkanes) is 1. The molecule has 0 fully saturated rings. The Hall–Kier alpha value is -1.58. The van der Waals surface area contributed by atoms with E-state index in [0.717, 1.165) is 12.8 Å². The molecule has 1 aromatic carbocycles. The van der Waals surface area contributed by atoms with Gasteiger partial charge in [0.05, 0.1) is 12.3 Å². The molecule has 0 atom stereocenters. The first kappa shape index (κ1) is 12.5. The van der Waals surface area contributed by atoms with Crippen LogP contribution in [-0.4, -0.2) is 17.5 Å². The molecule has 16 heavy (non-hydrogen) atoms. The normalized spacial score (nSPS) is 11.6. The Morgan fingerprint density at radius 2 is 2.25 bits per heavy atom. The van der Waals surface area contributed by atoms with E-state index in [4.69, 9.17) is 9.94 Å². The fraction of sp³-hybridized carbons (Fsp3) is 0.417. The van der Waals surface area contributed by atoms with Gasteiger partial charge in [-0.3, -0.25) is 0 Å². The molecular formula is C12H16FNO2. The average Bonchev–Trinajstić information content (AvgIpc) is 2.29. The van der Waals surface area contributed by atoms with Crippen molar-refractivity contribution >= 4 is 5.71 Å². The largest absolute Gasteiger partial charge is 0.493 e. The number of rotatable bonds is 5. The van der Waals surface area contributed by atoms with Crippen LogP contribution in [0.3, 0.4) is 0 Å². The highest BCUT2D eigenvalue weighted by Gasteiger charge is 2.08. The minimum absolute atomic E-state index is 0.360. The van der Waals surface area contributed by atoms with Crippen LogP contribution < -0.4 is 4.74 Å². The summed E-state index contributed by atoms with van der Waals surface area (Å²) in [5.74, 6) is 0.0599. The Kier molecular flexibility index (Phi) is 4.76. The van der Waals surface area contributed by atoms with Crippen LogP contribution in [0.5, 0.6) is 5.75 Å². The summed E-state index contributed by atoms with van der Waals surface area (Å²) in [4.78, 5) is 0. The maximum Gasteiger partial charge on any atom is 0.131 e. The van der Waals surface area contributed by atoms with Crippen LogP contribution in [-0.2, 0) is 0 Å². The molecule has 0 amide bonds. The summed E-state index contributed by atoms with van der Waals surface area (Å²) in [6.45, 7) is 4.22. The second kappa shape index (κ2) is 6.10. The zero-order valence-corrected chi connectivity index (χ0v) is 9.53. The summed E-state index contributed by atoms with van der Waals surface area (Å²) in [6, 6.07) is 4.17. The molecule has 88 valence electrons. The van der Waals surface area contributed by atoms with Crippen molar-refractivity contribution < 1.29 is 14.3 Å². The lowest BCUT2D eigenvalue weighted by molar-refractivity contribution is 0.305. The van der Waals surface area contributed by atoms with Gasteiger partial charge in [-0.2, -0.15) is 0 Å². The molecule has 0 bridgehead atoms. The van der Waals surface area contributed by atoms with Crippen LogP contribution in [0.2, 0.25) is 0 Å². The second-order valence-corrected chi connectivity index (χ2v) is 3.53. The van der Waals surface area contributed by atoms with E-state index in [1.165, 1.54) is 12.1 Å². The van der Waals surface area contributed by atoms with E-state index in [-0.39, 0.29) is 5.82 Å². The molecule has 3 nitrogen and oxygen atoms in total. The molecule has 0 aliphatic carbocycles. The zero-order valence-electron chi connectivity index (χ0n) is 9.53. The van der Waals surface area contributed by atoms with Gasteiger partial charge in [0, 0.05) is 11.6 Å². The van der Waals surface area contributed by atoms with Gasteiger partial charge in [0.15, 0.2) is 0 Å². The maximum absolute atomic E-state index is 13.0. The lowest BCUT2D eigenvalue weighted by Crippen LogP contribution is -2.04. The third kappa shape index (κ3) is 3.22. The lowest BCUT2D eigenvalue weighted by atomic mass is 10.1. The Morgan fingerprint density at radius 3 is 2.88 bits per heavy atom. The quantitative estimate of drug-likeness (QED) is 0.362. The smallest absolute Gasteiger partial charge is 0.131 e. The molecule has 1 rings (SSSR count). The van der Waals surface area contributed by atoms with Crippen LogP contribution in [0.25, 0.3) is 0 Å². The van der Waals surface area contributed by atoms with Gasteiger partial charge >= 0.3 is 0 Å². The van der Waals surface area contributed by atoms with Crippen LogP contribution in [0.4, 0.5) is 4.39 Å². The summed E-state index contributed by atoms with van der Waals surface area (Å²) in [6.07, 6.45) is 1.92. The molecule has 0 saturated carbocycles. The van der Waals surface area contributed by atoms with E-state index >= 15 is 0 Å². The van der Waals surface area contributed by atoms with Crippen LogP contribution in [0.15, 0.2) is 23.4 Å². The summed E-state index contributed by atoms with van der Waals surface area (Å²) in [7, 11) is 0. The van der Waals surface area contributed by atoms with Crippen LogP contribution >= 0.6 is 0 Å². The van der Waals surface area contributed by atoms with Gasteiger partial charge in [0.2, 0.25) is 0 Å². The number of nitrogens with zero attached hydrogens (tertiary/aromatic N) is 1. The van der Waals surface area contributed by atoms with Crippen molar-refractivity contribution in [3.8, 4) is 5.75 Å². The van der Waals surface area contributed by atoms with Crippen molar-refractivity contribution in [1.82, 2.24) is 0 Å². The maximum atomic E-state index is 13.0. The fourth-order valence-electron chi connectivity index (χ4n) is 1.29. The highest BCUT2D eigenvalue weighted by Crippen LogP contribution is 2.21. The van der Waals surface area contributed by atoms with Gasteiger partial charge in [-0.05, 0) is 25.5 Å². The summed E-state index contributed by atoms with van der Waals surface area (Å²) in [5, 5.41) is 11.8. The van der Waals surface area contributed by atoms with Crippen molar-refractivity contribution in [3.63, 3.8) is 0 Å².